The maximum Gasteiger partial charge on any atom is 0.221 e. The van der Waals surface area contributed by atoms with Crippen molar-refractivity contribution in [2.24, 2.45) is 4.99 Å². The number of hydrogen-bond acceptors (Lipinski definition) is 5. The minimum Gasteiger partial charge on any atom is -0.495 e. The second-order valence-corrected chi connectivity index (χ2v) is 6.95. The summed E-state index contributed by atoms with van der Waals surface area (Å²) in [6.45, 7) is 8.22. The van der Waals surface area contributed by atoms with Gasteiger partial charge in [-0.15, -0.1) is 0 Å². The molecule has 8 nitrogen and oxygen atoms in total. The van der Waals surface area contributed by atoms with Gasteiger partial charge in [-0.2, -0.15) is 0 Å². The molecule has 0 saturated heterocycles. The van der Waals surface area contributed by atoms with Crippen molar-refractivity contribution in [3.63, 3.8) is 0 Å². The van der Waals surface area contributed by atoms with Crippen LogP contribution in [0, 0.1) is 6.92 Å². The van der Waals surface area contributed by atoms with Crippen molar-refractivity contribution in [3.05, 3.63) is 47.4 Å². The quantitative estimate of drug-likeness (QED) is 0.399. The van der Waals surface area contributed by atoms with Crippen LogP contribution in [0.4, 0.5) is 5.69 Å². The van der Waals surface area contributed by atoms with Crippen LogP contribution in [0.5, 0.6) is 5.75 Å². The second kappa shape index (κ2) is 9.97. The number of nitrogens with one attached hydrogen (secondary N) is 3. The van der Waals surface area contributed by atoms with Crippen LogP contribution < -0.4 is 20.7 Å². The number of ether oxygens (including phenoxy) is 1. The number of furan rings is 1. The highest BCUT2D eigenvalue weighted by atomic mass is 16.5. The first kappa shape index (κ1) is 22.3. The molecule has 1 aromatic carbocycles. The fourth-order valence-corrected chi connectivity index (χ4v) is 2.72. The number of nitrogens with zero attached hydrogens (tertiary/aromatic N) is 1. The number of aliphatic hydroxyl groups is 1. The third-order valence-corrected chi connectivity index (χ3v) is 4.21. The number of aliphatic imine (C=N–C) groups is 1. The SMILES string of the molecule is CCNC(=NCc1ccc(OC)c(NC(C)=O)c1)NCC(C)(O)c1ccc(C)o1. The molecule has 4 N–H and O–H groups in total. The summed E-state index contributed by atoms with van der Waals surface area (Å²) in [6.07, 6.45) is 0. The fourth-order valence-electron chi connectivity index (χ4n) is 2.72. The van der Waals surface area contributed by atoms with Gasteiger partial charge in [-0.1, -0.05) is 6.07 Å². The standard InChI is InChI=1S/C21H30N4O4/c1-6-22-20(24-13-21(4,27)19-10-7-14(2)29-19)23-12-16-8-9-18(28-5)17(11-16)25-15(3)26/h7-11,27H,6,12-13H2,1-5H3,(H,25,26)(H2,22,23,24). The summed E-state index contributed by atoms with van der Waals surface area (Å²) in [4.78, 5) is 16.0. The number of guanidine groups is 1. The molecule has 1 amide bonds. The maximum atomic E-state index is 11.4. The summed E-state index contributed by atoms with van der Waals surface area (Å²) < 4.78 is 10.8. The van der Waals surface area contributed by atoms with Gasteiger partial charge in [-0.05, 0) is 50.6 Å². The van der Waals surface area contributed by atoms with Gasteiger partial charge in [0.2, 0.25) is 5.91 Å². The van der Waals surface area contributed by atoms with E-state index in [9.17, 15) is 9.90 Å². The highest BCUT2D eigenvalue weighted by molar-refractivity contribution is 5.90. The Morgan fingerprint density at radius 2 is 2.03 bits per heavy atom. The number of hydrogen-bond donors (Lipinski definition) is 4. The number of carbonyl (C=O) groups is 1. The van der Waals surface area contributed by atoms with Crippen LogP contribution in [-0.2, 0) is 16.9 Å². The van der Waals surface area contributed by atoms with Gasteiger partial charge < -0.3 is 30.2 Å². The maximum absolute atomic E-state index is 11.4. The Hall–Kier alpha value is -3.00. The van der Waals surface area contributed by atoms with Crippen LogP contribution >= 0.6 is 0 Å². The summed E-state index contributed by atoms with van der Waals surface area (Å²) in [5, 5.41) is 19.7. The molecule has 0 bridgehead atoms. The van der Waals surface area contributed by atoms with E-state index in [1.54, 1.807) is 26.2 Å². The fraction of sp³-hybridized carbons (Fsp3) is 0.429. The first-order valence-electron chi connectivity index (χ1n) is 9.51. The molecule has 0 aliphatic heterocycles. The topological polar surface area (TPSA) is 108 Å². The minimum absolute atomic E-state index is 0.172. The number of rotatable bonds is 8. The minimum atomic E-state index is -1.18. The molecule has 2 rings (SSSR count). The first-order chi connectivity index (χ1) is 13.7. The smallest absolute Gasteiger partial charge is 0.221 e. The van der Waals surface area contributed by atoms with Gasteiger partial charge >= 0.3 is 0 Å². The monoisotopic (exact) mass is 402 g/mol. The van der Waals surface area contributed by atoms with Gasteiger partial charge in [0.25, 0.3) is 0 Å². The van der Waals surface area contributed by atoms with E-state index in [-0.39, 0.29) is 12.5 Å². The molecule has 0 aliphatic rings. The highest BCUT2D eigenvalue weighted by Gasteiger charge is 2.27. The van der Waals surface area contributed by atoms with Gasteiger partial charge in [-0.3, -0.25) is 4.79 Å². The van der Waals surface area contributed by atoms with E-state index in [4.69, 9.17) is 9.15 Å². The number of benzene rings is 1. The Morgan fingerprint density at radius 3 is 2.62 bits per heavy atom. The third kappa shape index (κ3) is 6.53. The Morgan fingerprint density at radius 1 is 1.28 bits per heavy atom. The van der Waals surface area contributed by atoms with Crippen LogP contribution in [0.2, 0.25) is 0 Å². The molecule has 1 heterocycles. The van der Waals surface area contributed by atoms with E-state index in [2.05, 4.69) is 20.9 Å². The molecule has 1 unspecified atom stereocenters. The lowest BCUT2D eigenvalue weighted by Gasteiger charge is -2.23. The van der Waals surface area contributed by atoms with E-state index in [1.165, 1.54) is 6.92 Å². The Labute approximate surface area is 171 Å². The summed E-state index contributed by atoms with van der Waals surface area (Å²) in [6, 6.07) is 9.09. The van der Waals surface area contributed by atoms with E-state index < -0.39 is 5.60 Å². The van der Waals surface area contributed by atoms with Crippen molar-refractivity contribution in [3.8, 4) is 5.75 Å². The number of amides is 1. The van der Waals surface area contributed by atoms with Crippen LogP contribution in [-0.4, -0.2) is 37.2 Å². The molecule has 8 heteroatoms. The third-order valence-electron chi connectivity index (χ3n) is 4.21. The predicted octanol–water partition coefficient (Wildman–Crippen LogP) is 2.52. The van der Waals surface area contributed by atoms with Crippen LogP contribution in [0.1, 0.15) is 37.9 Å². The van der Waals surface area contributed by atoms with Crippen molar-refractivity contribution in [2.45, 2.75) is 39.8 Å². The Kier molecular flexibility index (Phi) is 7.67. The van der Waals surface area contributed by atoms with Crippen molar-refractivity contribution in [2.75, 3.05) is 25.5 Å². The zero-order chi connectivity index (χ0) is 21.4. The largest absolute Gasteiger partial charge is 0.495 e. The van der Waals surface area contributed by atoms with Crippen LogP contribution in [0.3, 0.4) is 0 Å². The van der Waals surface area contributed by atoms with Crippen molar-refractivity contribution < 1.29 is 19.1 Å². The molecule has 2 aromatic rings. The van der Waals surface area contributed by atoms with Gasteiger partial charge in [0.1, 0.15) is 22.9 Å². The number of anilines is 1. The van der Waals surface area contributed by atoms with Gasteiger partial charge in [0.05, 0.1) is 25.9 Å². The normalized spacial score (nSPS) is 13.5. The summed E-state index contributed by atoms with van der Waals surface area (Å²) in [5.41, 5.74) is 0.324. The molecule has 1 atom stereocenters. The Bertz CT molecular complexity index is 858. The van der Waals surface area contributed by atoms with Crippen LogP contribution in [0.15, 0.2) is 39.7 Å². The molecule has 0 saturated carbocycles. The van der Waals surface area contributed by atoms with Gasteiger partial charge in [0, 0.05) is 13.5 Å². The Balaban J connectivity index is 2.09. The molecule has 29 heavy (non-hydrogen) atoms. The van der Waals surface area contributed by atoms with Crippen molar-refractivity contribution >= 4 is 17.6 Å². The van der Waals surface area contributed by atoms with E-state index in [0.29, 0.717) is 36.2 Å². The molecular formula is C21H30N4O4. The number of carbonyl (C=O) groups excluding carboxylic acids is 1. The highest BCUT2D eigenvalue weighted by Crippen LogP contribution is 2.26. The molecule has 0 fully saturated rings. The molecule has 0 spiro atoms. The molecule has 158 valence electrons. The first-order valence-corrected chi connectivity index (χ1v) is 9.51. The van der Waals surface area contributed by atoms with Crippen molar-refractivity contribution in [1.82, 2.24) is 10.6 Å². The van der Waals surface area contributed by atoms with Gasteiger partial charge in [0.15, 0.2) is 5.96 Å². The van der Waals surface area contributed by atoms with Crippen LogP contribution in [0.25, 0.3) is 0 Å². The average molecular weight is 402 g/mol. The summed E-state index contributed by atoms with van der Waals surface area (Å²) >= 11 is 0. The summed E-state index contributed by atoms with van der Waals surface area (Å²) in [7, 11) is 1.55. The number of aryl methyl sites for hydroxylation is 1. The van der Waals surface area contributed by atoms with E-state index in [0.717, 1.165) is 11.3 Å². The molecule has 0 aliphatic carbocycles. The summed E-state index contributed by atoms with van der Waals surface area (Å²) in [5.74, 6) is 2.22. The molecular weight excluding hydrogens is 372 g/mol. The number of methoxy groups -OCH3 is 1. The molecule has 0 radical (unpaired) electrons. The zero-order valence-electron chi connectivity index (χ0n) is 17.6. The lowest BCUT2D eigenvalue weighted by molar-refractivity contribution is -0.114. The van der Waals surface area contributed by atoms with Gasteiger partial charge in [-0.25, -0.2) is 4.99 Å². The zero-order valence-corrected chi connectivity index (χ0v) is 17.6. The molecule has 1 aromatic heterocycles. The van der Waals surface area contributed by atoms with E-state index >= 15 is 0 Å². The van der Waals surface area contributed by atoms with E-state index in [1.807, 2.05) is 32.0 Å². The average Bonchev–Trinajstić information content (AvgIpc) is 3.11. The predicted molar refractivity (Wildman–Crippen MR) is 113 cm³/mol. The lowest BCUT2D eigenvalue weighted by Crippen LogP contribution is -2.44. The lowest BCUT2D eigenvalue weighted by atomic mass is 10.0. The van der Waals surface area contributed by atoms with Crippen molar-refractivity contribution in [1.29, 1.82) is 0 Å². The second-order valence-electron chi connectivity index (χ2n) is 6.95.